The average Bonchev–Trinajstić information content (AvgIpc) is 2.97. The standard InChI is InChI=1S/C12H17N3O3S/c13-3-1-10-14-9(7-19-10)12(18)15-4-2-8(6-15)5-11(16)17/h7-8H,1-6,13H2,(H,16,17). The molecule has 1 aromatic rings. The van der Waals surface area contributed by atoms with Gasteiger partial charge >= 0.3 is 5.97 Å². The van der Waals surface area contributed by atoms with Crippen LogP contribution in [0.5, 0.6) is 0 Å². The predicted molar refractivity (Wildman–Crippen MR) is 71.1 cm³/mol. The third-order valence-electron chi connectivity index (χ3n) is 3.17. The predicted octanol–water partition coefficient (Wildman–Crippen LogP) is 0.581. The highest BCUT2D eigenvalue weighted by atomic mass is 32.1. The number of hydrogen-bond acceptors (Lipinski definition) is 5. The fourth-order valence-electron chi connectivity index (χ4n) is 2.24. The van der Waals surface area contributed by atoms with Crippen LogP contribution in [0.1, 0.15) is 28.3 Å². The molecule has 0 spiro atoms. The summed E-state index contributed by atoms with van der Waals surface area (Å²) in [6.07, 6.45) is 1.55. The number of carbonyl (C=O) groups excluding carboxylic acids is 1. The number of carbonyl (C=O) groups is 2. The van der Waals surface area contributed by atoms with E-state index in [1.807, 2.05) is 0 Å². The zero-order chi connectivity index (χ0) is 13.8. The van der Waals surface area contributed by atoms with E-state index in [1.165, 1.54) is 11.3 Å². The summed E-state index contributed by atoms with van der Waals surface area (Å²) in [6, 6.07) is 0. The molecule has 1 atom stereocenters. The smallest absolute Gasteiger partial charge is 0.303 e. The molecule has 0 radical (unpaired) electrons. The van der Waals surface area contributed by atoms with Crippen LogP contribution < -0.4 is 5.73 Å². The van der Waals surface area contributed by atoms with E-state index in [0.29, 0.717) is 31.7 Å². The molecule has 1 aliphatic rings. The summed E-state index contributed by atoms with van der Waals surface area (Å²) >= 11 is 1.44. The monoisotopic (exact) mass is 283 g/mol. The highest BCUT2D eigenvalue weighted by Gasteiger charge is 2.29. The Morgan fingerprint density at radius 2 is 2.37 bits per heavy atom. The highest BCUT2D eigenvalue weighted by molar-refractivity contribution is 7.09. The number of nitrogens with two attached hydrogens (primary N) is 1. The van der Waals surface area contributed by atoms with Crippen LogP contribution in [0.3, 0.4) is 0 Å². The minimum absolute atomic E-state index is 0.0589. The van der Waals surface area contributed by atoms with Gasteiger partial charge in [0.1, 0.15) is 5.69 Å². The van der Waals surface area contributed by atoms with Gasteiger partial charge < -0.3 is 15.7 Å². The molecule has 1 unspecified atom stereocenters. The van der Waals surface area contributed by atoms with E-state index in [9.17, 15) is 9.59 Å². The average molecular weight is 283 g/mol. The number of thiazole rings is 1. The molecular weight excluding hydrogens is 266 g/mol. The molecule has 19 heavy (non-hydrogen) atoms. The Kier molecular flexibility index (Phi) is 4.49. The van der Waals surface area contributed by atoms with Gasteiger partial charge in [-0.1, -0.05) is 0 Å². The third-order valence-corrected chi connectivity index (χ3v) is 4.07. The number of carboxylic acids is 1. The molecule has 2 rings (SSSR count). The van der Waals surface area contributed by atoms with Crippen molar-refractivity contribution in [3.8, 4) is 0 Å². The first-order valence-corrected chi connectivity index (χ1v) is 7.13. The summed E-state index contributed by atoms with van der Waals surface area (Å²) in [4.78, 5) is 28.8. The van der Waals surface area contributed by atoms with Crippen LogP contribution in [-0.2, 0) is 11.2 Å². The van der Waals surface area contributed by atoms with Gasteiger partial charge in [0, 0.05) is 31.3 Å². The van der Waals surface area contributed by atoms with Gasteiger partial charge in [0.15, 0.2) is 0 Å². The summed E-state index contributed by atoms with van der Waals surface area (Å²) in [7, 11) is 0. The zero-order valence-corrected chi connectivity index (χ0v) is 11.4. The molecule has 1 aromatic heterocycles. The quantitative estimate of drug-likeness (QED) is 0.824. The lowest BCUT2D eigenvalue weighted by Crippen LogP contribution is -2.29. The van der Waals surface area contributed by atoms with E-state index in [0.717, 1.165) is 11.4 Å². The van der Waals surface area contributed by atoms with Gasteiger partial charge in [0.2, 0.25) is 0 Å². The molecule has 1 amide bonds. The Labute approximate surface area is 115 Å². The number of carboxylic acid groups (broad SMARTS) is 1. The van der Waals surface area contributed by atoms with Crippen LogP contribution in [0, 0.1) is 5.92 Å². The van der Waals surface area contributed by atoms with Crippen molar-refractivity contribution in [2.75, 3.05) is 19.6 Å². The minimum atomic E-state index is -0.807. The summed E-state index contributed by atoms with van der Waals surface area (Å²) in [6.45, 7) is 1.64. The molecule has 6 nitrogen and oxygen atoms in total. The highest BCUT2D eigenvalue weighted by Crippen LogP contribution is 2.22. The van der Waals surface area contributed by atoms with Crippen molar-refractivity contribution in [1.29, 1.82) is 0 Å². The molecular formula is C12H17N3O3S. The second-order valence-corrected chi connectivity index (χ2v) is 5.61. The van der Waals surface area contributed by atoms with Gasteiger partial charge in [-0.3, -0.25) is 9.59 Å². The third kappa shape index (κ3) is 3.51. The summed E-state index contributed by atoms with van der Waals surface area (Å²) in [5, 5.41) is 11.4. The SMILES string of the molecule is NCCc1nc(C(=O)N2CCC(CC(=O)O)C2)cs1. The second-order valence-electron chi connectivity index (χ2n) is 4.67. The fraction of sp³-hybridized carbons (Fsp3) is 0.583. The van der Waals surface area contributed by atoms with Crippen molar-refractivity contribution in [3.63, 3.8) is 0 Å². The Hall–Kier alpha value is -1.47. The maximum atomic E-state index is 12.2. The van der Waals surface area contributed by atoms with Gasteiger partial charge in [-0.15, -0.1) is 11.3 Å². The molecule has 0 aromatic carbocycles. The molecule has 104 valence electrons. The van der Waals surface area contributed by atoms with E-state index in [4.69, 9.17) is 10.8 Å². The van der Waals surface area contributed by atoms with E-state index in [-0.39, 0.29) is 18.2 Å². The van der Waals surface area contributed by atoms with Crippen LogP contribution in [0.2, 0.25) is 0 Å². The van der Waals surface area contributed by atoms with Gasteiger partial charge in [-0.05, 0) is 18.9 Å². The lowest BCUT2D eigenvalue weighted by Gasteiger charge is -2.14. The Morgan fingerprint density at radius 1 is 1.58 bits per heavy atom. The maximum absolute atomic E-state index is 12.2. The molecule has 0 aliphatic carbocycles. The zero-order valence-electron chi connectivity index (χ0n) is 10.5. The number of aromatic nitrogens is 1. The molecule has 0 saturated carbocycles. The molecule has 1 saturated heterocycles. The summed E-state index contributed by atoms with van der Waals surface area (Å²) in [5.41, 5.74) is 5.90. The summed E-state index contributed by atoms with van der Waals surface area (Å²) < 4.78 is 0. The van der Waals surface area contributed by atoms with Crippen LogP contribution in [0.4, 0.5) is 0 Å². The fourth-order valence-corrected chi connectivity index (χ4v) is 3.03. The Morgan fingerprint density at radius 3 is 3.05 bits per heavy atom. The van der Waals surface area contributed by atoms with Crippen LogP contribution in [-0.4, -0.2) is 46.5 Å². The largest absolute Gasteiger partial charge is 0.481 e. The molecule has 3 N–H and O–H groups in total. The van der Waals surface area contributed by atoms with Crippen molar-refractivity contribution in [1.82, 2.24) is 9.88 Å². The number of hydrogen-bond donors (Lipinski definition) is 2. The van der Waals surface area contributed by atoms with E-state index >= 15 is 0 Å². The van der Waals surface area contributed by atoms with Crippen LogP contribution in [0.25, 0.3) is 0 Å². The van der Waals surface area contributed by atoms with Crippen LogP contribution >= 0.6 is 11.3 Å². The topological polar surface area (TPSA) is 96.5 Å². The van der Waals surface area contributed by atoms with Gasteiger partial charge in [0.05, 0.1) is 5.01 Å². The molecule has 1 aliphatic heterocycles. The minimum Gasteiger partial charge on any atom is -0.481 e. The van der Waals surface area contributed by atoms with Crippen molar-refractivity contribution in [2.24, 2.45) is 11.7 Å². The van der Waals surface area contributed by atoms with Crippen molar-refractivity contribution in [2.45, 2.75) is 19.3 Å². The van der Waals surface area contributed by atoms with Crippen LogP contribution in [0.15, 0.2) is 5.38 Å². The lowest BCUT2D eigenvalue weighted by molar-refractivity contribution is -0.138. The van der Waals surface area contributed by atoms with Crippen molar-refractivity contribution >= 4 is 23.2 Å². The lowest BCUT2D eigenvalue weighted by atomic mass is 10.1. The number of likely N-dealkylation sites (tertiary alicyclic amines) is 1. The number of amides is 1. The molecule has 1 fully saturated rings. The number of rotatable bonds is 5. The Balaban J connectivity index is 1.94. The maximum Gasteiger partial charge on any atom is 0.303 e. The van der Waals surface area contributed by atoms with Gasteiger partial charge in [-0.2, -0.15) is 0 Å². The molecule has 0 bridgehead atoms. The van der Waals surface area contributed by atoms with E-state index in [1.54, 1.807) is 10.3 Å². The first kappa shape index (κ1) is 14.0. The summed E-state index contributed by atoms with van der Waals surface area (Å²) in [5.74, 6) is -0.853. The number of nitrogens with zero attached hydrogens (tertiary/aromatic N) is 2. The molecule has 7 heteroatoms. The second kappa shape index (κ2) is 6.12. The normalized spacial score (nSPS) is 18.8. The van der Waals surface area contributed by atoms with Crippen molar-refractivity contribution < 1.29 is 14.7 Å². The van der Waals surface area contributed by atoms with Gasteiger partial charge in [0.25, 0.3) is 5.91 Å². The van der Waals surface area contributed by atoms with Gasteiger partial charge in [-0.25, -0.2) is 4.98 Å². The van der Waals surface area contributed by atoms with E-state index in [2.05, 4.69) is 4.98 Å². The van der Waals surface area contributed by atoms with E-state index < -0.39 is 5.97 Å². The molecule has 2 heterocycles. The number of aliphatic carboxylic acids is 1. The Bertz CT molecular complexity index is 475. The first-order valence-electron chi connectivity index (χ1n) is 6.25. The van der Waals surface area contributed by atoms with Crippen molar-refractivity contribution in [3.05, 3.63) is 16.1 Å². The first-order chi connectivity index (χ1) is 9.10.